The molecule has 52 valence electrons. The zero-order valence-electron chi connectivity index (χ0n) is 7.27. The van der Waals surface area contributed by atoms with Crippen molar-refractivity contribution in [2.24, 2.45) is 0 Å². The van der Waals surface area contributed by atoms with Crippen LogP contribution in [0.5, 0.6) is 0 Å². The van der Waals surface area contributed by atoms with Crippen molar-refractivity contribution in [1.82, 2.24) is 0 Å². The van der Waals surface area contributed by atoms with Gasteiger partial charge in [0.1, 0.15) is 0 Å². The summed E-state index contributed by atoms with van der Waals surface area (Å²) in [4.78, 5) is 0. The van der Waals surface area contributed by atoms with Crippen molar-refractivity contribution in [3.8, 4) is 0 Å². The van der Waals surface area contributed by atoms with Crippen LogP contribution < -0.4 is 118 Å². The van der Waals surface area contributed by atoms with Gasteiger partial charge in [-0.25, -0.2) is 0 Å². The van der Waals surface area contributed by atoms with Crippen LogP contribution in [0, 0.1) is 0 Å². The van der Waals surface area contributed by atoms with Crippen molar-refractivity contribution in [3.63, 3.8) is 0 Å². The fraction of sp³-hybridized carbons (Fsp3) is 0. The summed E-state index contributed by atoms with van der Waals surface area (Å²) in [6.07, 6.45) is 0. The van der Waals surface area contributed by atoms with Crippen LogP contribution >= 0.6 is 0 Å². The molecule has 0 rings (SSSR count). The Morgan fingerprint density at radius 1 is 0.583 bits per heavy atom. The SMILES string of the molecule is O=S([O-])[O-].O=S([O-])[O-].[Na+].[Na+].[Na+].[Na+]. The summed E-state index contributed by atoms with van der Waals surface area (Å²) in [7, 11) is 0. The van der Waals surface area contributed by atoms with Gasteiger partial charge in [0.2, 0.25) is 0 Å². The van der Waals surface area contributed by atoms with Crippen molar-refractivity contribution in [3.05, 3.63) is 0 Å². The Morgan fingerprint density at radius 2 is 0.583 bits per heavy atom. The average Bonchev–Trinajstić information content (AvgIpc) is 1.25. The molecule has 0 saturated heterocycles. The van der Waals surface area contributed by atoms with E-state index in [0.717, 1.165) is 0 Å². The van der Waals surface area contributed by atoms with Crippen molar-refractivity contribution < 1.29 is 145 Å². The van der Waals surface area contributed by atoms with E-state index >= 15 is 0 Å². The molecule has 0 bridgehead atoms. The van der Waals surface area contributed by atoms with Crippen LogP contribution in [0.25, 0.3) is 0 Å². The molecule has 0 radical (unpaired) electrons. The van der Waals surface area contributed by atoms with Crippen LogP contribution in [0.3, 0.4) is 0 Å². The molecule has 0 N–H and O–H groups in total. The van der Waals surface area contributed by atoms with Gasteiger partial charge in [0.15, 0.2) is 0 Å². The molecule has 0 aromatic carbocycles. The van der Waals surface area contributed by atoms with Gasteiger partial charge in [-0.3, -0.25) is 8.42 Å². The first-order chi connectivity index (χ1) is 3.46. The van der Waals surface area contributed by atoms with Crippen molar-refractivity contribution in [2.45, 2.75) is 0 Å². The fourth-order valence-electron chi connectivity index (χ4n) is 0. The van der Waals surface area contributed by atoms with Gasteiger partial charge in [0.05, 0.1) is 0 Å². The van der Waals surface area contributed by atoms with Gasteiger partial charge in [-0.1, -0.05) is 0 Å². The Bertz CT molecular complexity index is 75.5. The van der Waals surface area contributed by atoms with Gasteiger partial charge in [-0.15, -0.1) is 22.7 Å². The minimum atomic E-state index is -3.11. The van der Waals surface area contributed by atoms with E-state index in [0.29, 0.717) is 0 Å². The average molecular weight is 252 g/mol. The monoisotopic (exact) mass is 252 g/mol. The molecular formula is Na4O6S2. The first-order valence-electron chi connectivity index (χ1n) is 1.00. The van der Waals surface area contributed by atoms with Crippen LogP contribution in [0.15, 0.2) is 0 Å². The Hall–Kier alpha value is 4.14. The van der Waals surface area contributed by atoms with E-state index in [2.05, 4.69) is 0 Å². The maximum atomic E-state index is 8.44. The molecule has 12 heavy (non-hydrogen) atoms. The maximum absolute atomic E-state index is 8.44. The molecule has 0 atom stereocenters. The molecule has 0 aromatic heterocycles. The quantitative estimate of drug-likeness (QED) is 0.311. The standard InChI is InChI=1S/4Na.2H2O3S/c;;;;2*1-4(2)3/h;;;;2*(H2,1,2,3)/q4*+1;;/p-4. The van der Waals surface area contributed by atoms with E-state index in [-0.39, 0.29) is 118 Å². The first-order valence-corrected chi connectivity index (χ1v) is 3.00. The second kappa shape index (κ2) is 29.4. The first kappa shape index (κ1) is 36.0. The van der Waals surface area contributed by atoms with E-state index in [4.69, 9.17) is 26.6 Å². The second-order valence-electron chi connectivity index (χ2n) is 0.408. The van der Waals surface area contributed by atoms with E-state index in [1.807, 2.05) is 0 Å². The molecule has 0 spiro atoms. The summed E-state index contributed by atoms with van der Waals surface area (Å²) in [6.45, 7) is 0. The normalized spacial score (nSPS) is 5.83. The Labute approximate surface area is 164 Å². The van der Waals surface area contributed by atoms with Crippen molar-refractivity contribution in [1.29, 1.82) is 0 Å². The second-order valence-corrected chi connectivity index (χ2v) is 1.22. The number of rotatable bonds is 0. The Kier molecular flexibility index (Phi) is 88.3. The summed E-state index contributed by atoms with van der Waals surface area (Å²) in [5.74, 6) is 0. The molecule has 12 heteroatoms. The fourth-order valence-corrected chi connectivity index (χ4v) is 0. The summed E-state index contributed by atoms with van der Waals surface area (Å²) in [5, 5.41) is 0. The van der Waals surface area contributed by atoms with Gasteiger partial charge in [-0.05, 0) is 0 Å². The summed E-state index contributed by atoms with van der Waals surface area (Å²) in [6, 6.07) is 0. The molecule has 0 saturated carbocycles. The molecule has 0 unspecified atom stereocenters. The Morgan fingerprint density at radius 3 is 0.583 bits per heavy atom. The molecule has 0 fully saturated rings. The zero-order chi connectivity index (χ0) is 7.15. The Balaban J connectivity index is -0.0000000112. The minimum absolute atomic E-state index is 0. The predicted octanol–water partition coefficient (Wildman–Crippen LogP) is -14.0. The summed E-state index contributed by atoms with van der Waals surface area (Å²) >= 11 is -6.22. The van der Waals surface area contributed by atoms with Gasteiger partial charge in [0.25, 0.3) is 0 Å². The van der Waals surface area contributed by atoms with Crippen molar-refractivity contribution >= 4 is 22.7 Å². The number of hydrogen-bond acceptors (Lipinski definition) is 6. The molecule has 6 nitrogen and oxygen atoms in total. The van der Waals surface area contributed by atoms with Gasteiger partial charge in [-0.2, -0.15) is 0 Å². The van der Waals surface area contributed by atoms with Gasteiger partial charge < -0.3 is 18.2 Å². The van der Waals surface area contributed by atoms with E-state index < -0.39 is 22.7 Å². The predicted molar refractivity (Wildman–Crippen MR) is 19.4 cm³/mol. The molecule has 0 amide bonds. The van der Waals surface area contributed by atoms with Crippen LogP contribution in [0.2, 0.25) is 0 Å². The van der Waals surface area contributed by atoms with E-state index in [1.165, 1.54) is 0 Å². The summed E-state index contributed by atoms with van der Waals surface area (Å²) < 4.78 is 50.7. The van der Waals surface area contributed by atoms with Gasteiger partial charge >= 0.3 is 118 Å². The van der Waals surface area contributed by atoms with Crippen LogP contribution in [0.1, 0.15) is 0 Å². The largest absolute Gasteiger partial charge is 1.00 e. The zero-order valence-corrected chi connectivity index (χ0v) is 16.9. The molecule has 0 aromatic rings. The molecule has 0 aliphatic heterocycles. The van der Waals surface area contributed by atoms with Crippen LogP contribution in [-0.4, -0.2) is 26.6 Å². The van der Waals surface area contributed by atoms with Gasteiger partial charge in [0, 0.05) is 0 Å². The maximum Gasteiger partial charge on any atom is 1.00 e. The third-order valence-corrected chi connectivity index (χ3v) is 0. The minimum Gasteiger partial charge on any atom is -0.784 e. The summed E-state index contributed by atoms with van der Waals surface area (Å²) in [5.41, 5.74) is 0. The molecule has 0 heterocycles. The van der Waals surface area contributed by atoms with E-state index in [9.17, 15) is 0 Å². The van der Waals surface area contributed by atoms with Crippen LogP contribution in [0.4, 0.5) is 0 Å². The third kappa shape index (κ3) is 142. The van der Waals surface area contributed by atoms with Crippen LogP contribution in [-0.2, 0) is 22.7 Å². The molecule has 0 aliphatic carbocycles. The smallest absolute Gasteiger partial charge is 0.784 e. The topological polar surface area (TPSA) is 126 Å². The number of hydrogen-bond donors (Lipinski definition) is 0. The van der Waals surface area contributed by atoms with Crippen molar-refractivity contribution in [2.75, 3.05) is 0 Å². The van der Waals surface area contributed by atoms with E-state index in [1.54, 1.807) is 0 Å². The molecular weight excluding hydrogens is 252 g/mol. The molecule has 0 aliphatic rings. The third-order valence-electron chi connectivity index (χ3n) is 0.